The van der Waals surface area contributed by atoms with Gasteiger partial charge < -0.3 is 0 Å². The Labute approximate surface area is 127 Å². The third-order valence-corrected chi connectivity index (χ3v) is 5.69. The summed E-state index contributed by atoms with van der Waals surface area (Å²) in [7, 11) is 0. The first-order valence-corrected chi connectivity index (χ1v) is 8.01. The Morgan fingerprint density at radius 1 is 1.27 bits per heavy atom. The zero-order valence-corrected chi connectivity index (χ0v) is 14.8. The summed E-state index contributed by atoms with van der Waals surface area (Å²) < 4.78 is 0. The van der Waals surface area contributed by atoms with Crippen molar-refractivity contribution in [1.29, 1.82) is 0 Å². The van der Waals surface area contributed by atoms with Crippen LogP contribution in [0.25, 0.3) is 0 Å². The average molecular weight is 444 g/mol. The minimum absolute atomic E-state index is 0.0255. The van der Waals surface area contributed by atoms with Gasteiger partial charge in [-0.1, -0.05) is 66.0 Å². The summed E-state index contributed by atoms with van der Waals surface area (Å²) in [6.07, 6.45) is 5.78. The first-order chi connectivity index (χ1) is 6.75. The summed E-state index contributed by atoms with van der Waals surface area (Å²) in [5.74, 6) is 0. The first-order valence-electron chi connectivity index (χ1n) is 4.30. The van der Waals surface area contributed by atoms with Crippen LogP contribution in [0.15, 0.2) is 23.2 Å². The fourth-order valence-electron chi connectivity index (χ4n) is 0.733. The van der Waals surface area contributed by atoms with Crippen molar-refractivity contribution >= 4 is 71.0 Å². The van der Waals surface area contributed by atoms with Gasteiger partial charge in [0.25, 0.3) is 0 Å². The highest BCUT2D eigenvalue weighted by Crippen LogP contribution is 2.30. The lowest BCUT2D eigenvalue weighted by Gasteiger charge is -2.22. The minimum atomic E-state index is -0.473. The molecule has 0 aromatic rings. The maximum absolute atomic E-state index is 6.29. The van der Waals surface area contributed by atoms with Gasteiger partial charge in [0.1, 0.15) is 0 Å². The normalized spacial score (nSPS) is 22.9. The average Bonchev–Trinajstić information content (AvgIpc) is 2.14. The van der Waals surface area contributed by atoms with Crippen LogP contribution in [0.1, 0.15) is 13.8 Å². The molecule has 0 aromatic carbocycles. The summed E-state index contributed by atoms with van der Waals surface area (Å²) >= 11 is 22.5. The highest BCUT2D eigenvalue weighted by molar-refractivity contribution is 9.11. The summed E-state index contributed by atoms with van der Waals surface area (Å²) in [5, 5.41) is 0.699. The fourth-order valence-corrected chi connectivity index (χ4v) is 2.13. The maximum atomic E-state index is 6.29. The molecule has 0 bridgehead atoms. The minimum Gasteiger partial charge on any atom is -0.114 e. The van der Waals surface area contributed by atoms with Gasteiger partial charge in [-0.15, -0.1) is 23.2 Å². The van der Waals surface area contributed by atoms with Gasteiger partial charge in [-0.25, -0.2) is 0 Å². The van der Waals surface area contributed by atoms with E-state index in [1.165, 1.54) is 0 Å². The molecule has 0 aliphatic rings. The van der Waals surface area contributed by atoms with E-state index >= 15 is 0 Å². The van der Waals surface area contributed by atoms with Crippen LogP contribution in [-0.4, -0.2) is 19.9 Å². The molecule has 88 valence electrons. The van der Waals surface area contributed by atoms with Crippen molar-refractivity contribution in [2.45, 2.75) is 28.4 Å². The number of hydrogen-bond acceptors (Lipinski definition) is 0. The number of halogens is 5. The lowest BCUT2D eigenvalue weighted by molar-refractivity contribution is 0.807. The van der Waals surface area contributed by atoms with Crippen LogP contribution in [0.3, 0.4) is 0 Å². The SMILES string of the molecule is C[C@@](Cl)(/C=C/[C@H](Br)[C@](C)(Cl)/C=C/Br)CBr. The van der Waals surface area contributed by atoms with Gasteiger partial charge in [-0.05, 0) is 18.8 Å². The Kier molecular flexibility index (Phi) is 7.76. The van der Waals surface area contributed by atoms with Crippen LogP contribution < -0.4 is 0 Å². The molecular formula is C10H13Br3Cl2. The lowest BCUT2D eigenvalue weighted by Crippen LogP contribution is -2.25. The van der Waals surface area contributed by atoms with E-state index in [0.29, 0.717) is 5.33 Å². The standard InChI is InChI=1S/C10H13Br3Cl2/c1-9(14,7-12)4-3-8(13)10(2,15)5-6-11/h3-6,8H,7H2,1-2H3/b4-3+,6-5+/t8-,9+,10+/m0/s1. The highest BCUT2D eigenvalue weighted by Gasteiger charge is 2.26. The van der Waals surface area contributed by atoms with Gasteiger partial charge in [0, 0.05) is 5.33 Å². The van der Waals surface area contributed by atoms with E-state index in [-0.39, 0.29) is 9.70 Å². The molecule has 0 spiro atoms. The largest absolute Gasteiger partial charge is 0.114 e. The molecule has 0 N–H and O–H groups in total. The predicted octanol–water partition coefficient (Wildman–Crippen LogP) is 5.60. The van der Waals surface area contributed by atoms with Crippen molar-refractivity contribution in [2.75, 3.05) is 5.33 Å². The Bertz CT molecular complexity index is 247. The molecule has 0 amide bonds. The van der Waals surface area contributed by atoms with Gasteiger partial charge in [0.05, 0.1) is 14.6 Å². The maximum Gasteiger partial charge on any atom is 0.0765 e. The summed E-state index contributed by atoms with van der Waals surface area (Å²) in [6.45, 7) is 3.86. The Morgan fingerprint density at radius 3 is 2.20 bits per heavy atom. The van der Waals surface area contributed by atoms with Gasteiger partial charge in [-0.2, -0.15) is 0 Å². The molecule has 0 heterocycles. The zero-order valence-electron chi connectivity index (χ0n) is 8.48. The zero-order chi connectivity index (χ0) is 12.1. The first kappa shape index (κ1) is 16.5. The molecular weight excluding hydrogens is 431 g/mol. The van der Waals surface area contributed by atoms with Crippen LogP contribution in [-0.2, 0) is 0 Å². The van der Waals surface area contributed by atoms with Crippen LogP contribution >= 0.6 is 71.0 Å². The Morgan fingerprint density at radius 2 is 1.80 bits per heavy atom. The van der Waals surface area contributed by atoms with Crippen LogP contribution in [0.2, 0.25) is 0 Å². The van der Waals surface area contributed by atoms with Gasteiger partial charge >= 0.3 is 0 Å². The third kappa shape index (κ3) is 6.72. The van der Waals surface area contributed by atoms with Crippen LogP contribution in [0, 0.1) is 0 Å². The Balaban J connectivity index is 4.55. The summed E-state index contributed by atoms with van der Waals surface area (Å²) in [4.78, 5) is 0.931. The van der Waals surface area contributed by atoms with Crippen molar-refractivity contribution in [3.63, 3.8) is 0 Å². The molecule has 3 atom stereocenters. The molecule has 0 saturated heterocycles. The number of rotatable bonds is 5. The quantitative estimate of drug-likeness (QED) is 0.383. The van der Waals surface area contributed by atoms with Crippen molar-refractivity contribution in [3.8, 4) is 0 Å². The third-order valence-electron chi connectivity index (χ3n) is 1.80. The van der Waals surface area contributed by atoms with E-state index in [2.05, 4.69) is 47.8 Å². The fraction of sp³-hybridized carbons (Fsp3) is 0.600. The smallest absolute Gasteiger partial charge is 0.0765 e. The predicted molar refractivity (Wildman–Crippen MR) is 82.2 cm³/mol. The van der Waals surface area contributed by atoms with Crippen molar-refractivity contribution in [2.24, 2.45) is 0 Å². The molecule has 0 radical (unpaired) electrons. The summed E-state index contributed by atoms with van der Waals surface area (Å²) in [5.41, 5.74) is 0. The van der Waals surface area contributed by atoms with E-state index in [0.717, 1.165) is 0 Å². The van der Waals surface area contributed by atoms with Crippen LogP contribution in [0.5, 0.6) is 0 Å². The van der Waals surface area contributed by atoms with E-state index < -0.39 is 4.87 Å². The van der Waals surface area contributed by atoms with E-state index in [1.807, 2.05) is 32.1 Å². The molecule has 0 aliphatic carbocycles. The van der Waals surface area contributed by atoms with E-state index in [9.17, 15) is 0 Å². The Hall–Kier alpha value is 1.50. The number of alkyl halides is 4. The van der Waals surface area contributed by atoms with E-state index in [1.54, 1.807) is 4.99 Å². The molecule has 0 aliphatic heterocycles. The van der Waals surface area contributed by atoms with Gasteiger partial charge in [-0.3, -0.25) is 0 Å². The van der Waals surface area contributed by atoms with Crippen molar-refractivity contribution in [3.05, 3.63) is 23.2 Å². The second kappa shape index (κ2) is 7.05. The molecule has 0 rings (SSSR count). The second-order valence-electron chi connectivity index (χ2n) is 3.62. The monoisotopic (exact) mass is 440 g/mol. The number of hydrogen-bond donors (Lipinski definition) is 0. The molecule has 5 heteroatoms. The molecule has 0 saturated carbocycles. The molecule has 0 fully saturated rings. The van der Waals surface area contributed by atoms with Gasteiger partial charge in [0.15, 0.2) is 0 Å². The highest BCUT2D eigenvalue weighted by atomic mass is 79.9. The number of allylic oxidation sites excluding steroid dienone is 3. The molecule has 0 nitrogen and oxygen atoms in total. The molecule has 0 unspecified atom stereocenters. The lowest BCUT2D eigenvalue weighted by atomic mass is 10.1. The second-order valence-corrected chi connectivity index (χ2v) is 7.37. The summed E-state index contributed by atoms with van der Waals surface area (Å²) in [6, 6.07) is 0. The molecule has 15 heavy (non-hydrogen) atoms. The van der Waals surface area contributed by atoms with Crippen LogP contribution in [0.4, 0.5) is 0 Å². The topological polar surface area (TPSA) is 0 Å². The van der Waals surface area contributed by atoms with Crippen molar-refractivity contribution < 1.29 is 0 Å². The van der Waals surface area contributed by atoms with Gasteiger partial charge in [0.2, 0.25) is 0 Å². The molecule has 0 aromatic heterocycles. The van der Waals surface area contributed by atoms with Crippen molar-refractivity contribution in [1.82, 2.24) is 0 Å². The van der Waals surface area contributed by atoms with E-state index in [4.69, 9.17) is 23.2 Å².